The number of amides is 1. The first-order valence-corrected chi connectivity index (χ1v) is 6.40. The Kier molecular flexibility index (Phi) is 4.08. The number of rotatable bonds is 2. The van der Waals surface area contributed by atoms with E-state index in [1.807, 2.05) is 31.2 Å². The van der Waals surface area contributed by atoms with E-state index in [0.717, 1.165) is 11.3 Å². The number of carbonyl (C=O) groups is 1. The number of benzene rings is 1. The monoisotopic (exact) mass is 294 g/mol. The molecule has 0 spiro atoms. The van der Waals surface area contributed by atoms with Gasteiger partial charge in [-0.1, -0.05) is 40.9 Å². The van der Waals surface area contributed by atoms with E-state index in [2.05, 4.69) is 4.98 Å². The van der Waals surface area contributed by atoms with Crippen molar-refractivity contribution in [2.24, 2.45) is 0 Å². The Morgan fingerprint density at radius 2 is 1.84 bits per heavy atom. The molecule has 0 saturated carbocycles. The largest absolute Gasteiger partial charge is 0.311 e. The van der Waals surface area contributed by atoms with Crippen LogP contribution in [0.5, 0.6) is 0 Å². The zero-order chi connectivity index (χ0) is 14.0. The van der Waals surface area contributed by atoms with Gasteiger partial charge in [-0.2, -0.15) is 0 Å². The van der Waals surface area contributed by atoms with Gasteiger partial charge in [0.2, 0.25) is 0 Å². The first-order chi connectivity index (χ1) is 8.99. The lowest BCUT2D eigenvalue weighted by atomic mass is 10.2. The van der Waals surface area contributed by atoms with E-state index in [1.54, 1.807) is 11.9 Å². The van der Waals surface area contributed by atoms with Crippen molar-refractivity contribution in [2.45, 2.75) is 6.92 Å². The smallest absolute Gasteiger partial charge is 0.259 e. The predicted octanol–water partition coefficient (Wildman–Crippen LogP) is 3.97. The van der Waals surface area contributed by atoms with Crippen LogP contribution in [-0.4, -0.2) is 17.9 Å². The molecule has 0 unspecified atom stereocenters. The molecular formula is C14H12Cl2N2O. The molecule has 0 saturated heterocycles. The third-order valence-electron chi connectivity index (χ3n) is 2.77. The van der Waals surface area contributed by atoms with Gasteiger partial charge in [-0.15, -0.1) is 0 Å². The fourth-order valence-electron chi connectivity index (χ4n) is 1.62. The summed E-state index contributed by atoms with van der Waals surface area (Å²) in [7, 11) is 1.70. The summed E-state index contributed by atoms with van der Waals surface area (Å²) in [5.74, 6) is -0.185. The highest BCUT2D eigenvalue weighted by atomic mass is 35.5. The minimum absolute atomic E-state index is 0.185. The summed E-state index contributed by atoms with van der Waals surface area (Å²) in [6, 6.07) is 9.19. The van der Waals surface area contributed by atoms with Gasteiger partial charge in [0.15, 0.2) is 0 Å². The molecule has 19 heavy (non-hydrogen) atoms. The van der Waals surface area contributed by atoms with Gasteiger partial charge in [0.25, 0.3) is 5.91 Å². The second-order valence-electron chi connectivity index (χ2n) is 4.20. The van der Waals surface area contributed by atoms with Crippen LogP contribution in [0.15, 0.2) is 36.5 Å². The first-order valence-electron chi connectivity index (χ1n) is 5.65. The van der Waals surface area contributed by atoms with Gasteiger partial charge >= 0.3 is 0 Å². The molecule has 2 aromatic rings. The van der Waals surface area contributed by atoms with Crippen LogP contribution in [0.2, 0.25) is 10.2 Å². The fourth-order valence-corrected chi connectivity index (χ4v) is 1.89. The van der Waals surface area contributed by atoms with Gasteiger partial charge in [-0.3, -0.25) is 4.79 Å². The highest BCUT2D eigenvalue weighted by Crippen LogP contribution is 2.22. The molecule has 1 heterocycles. The van der Waals surface area contributed by atoms with Crippen molar-refractivity contribution >= 4 is 34.8 Å². The molecular weight excluding hydrogens is 283 g/mol. The zero-order valence-corrected chi connectivity index (χ0v) is 12.0. The van der Waals surface area contributed by atoms with Crippen molar-refractivity contribution in [3.05, 3.63) is 57.8 Å². The van der Waals surface area contributed by atoms with Gasteiger partial charge in [0.05, 0.1) is 10.6 Å². The average molecular weight is 295 g/mol. The number of aryl methyl sites for hydroxylation is 1. The highest BCUT2D eigenvalue weighted by molar-refractivity contribution is 6.41. The SMILES string of the molecule is Cc1ccc(N(C)C(=O)c2cnc(Cl)c(Cl)c2)cc1. The number of halogens is 2. The van der Waals surface area contributed by atoms with Gasteiger partial charge < -0.3 is 4.90 Å². The van der Waals surface area contributed by atoms with E-state index in [1.165, 1.54) is 12.3 Å². The van der Waals surface area contributed by atoms with Crippen LogP contribution >= 0.6 is 23.2 Å². The molecule has 3 nitrogen and oxygen atoms in total. The lowest BCUT2D eigenvalue weighted by Gasteiger charge is -2.17. The molecule has 1 amide bonds. The van der Waals surface area contributed by atoms with E-state index < -0.39 is 0 Å². The number of hydrogen-bond donors (Lipinski definition) is 0. The maximum Gasteiger partial charge on any atom is 0.259 e. The maximum atomic E-state index is 12.3. The average Bonchev–Trinajstić information content (AvgIpc) is 2.41. The molecule has 1 aromatic heterocycles. The molecule has 0 N–H and O–H groups in total. The van der Waals surface area contributed by atoms with E-state index >= 15 is 0 Å². The fraction of sp³-hybridized carbons (Fsp3) is 0.143. The van der Waals surface area contributed by atoms with Crippen molar-refractivity contribution in [3.8, 4) is 0 Å². The third kappa shape index (κ3) is 3.06. The number of hydrogen-bond acceptors (Lipinski definition) is 2. The molecule has 0 radical (unpaired) electrons. The minimum Gasteiger partial charge on any atom is -0.311 e. The van der Waals surface area contributed by atoms with E-state index in [-0.39, 0.29) is 16.1 Å². The third-order valence-corrected chi connectivity index (χ3v) is 3.46. The summed E-state index contributed by atoms with van der Waals surface area (Å²) >= 11 is 11.6. The van der Waals surface area contributed by atoms with Crippen molar-refractivity contribution in [1.82, 2.24) is 4.98 Å². The molecule has 0 aliphatic rings. The van der Waals surface area contributed by atoms with Crippen LogP contribution < -0.4 is 4.90 Å². The van der Waals surface area contributed by atoms with E-state index in [0.29, 0.717) is 5.56 Å². The lowest BCUT2D eigenvalue weighted by Crippen LogP contribution is -2.26. The van der Waals surface area contributed by atoms with Crippen LogP contribution in [0.1, 0.15) is 15.9 Å². The Hall–Kier alpha value is -1.58. The minimum atomic E-state index is -0.185. The Labute approximate surface area is 121 Å². The molecule has 0 aliphatic carbocycles. The molecule has 1 aromatic carbocycles. The number of aromatic nitrogens is 1. The predicted molar refractivity (Wildman–Crippen MR) is 78.2 cm³/mol. The van der Waals surface area contributed by atoms with Crippen LogP contribution in [0.4, 0.5) is 5.69 Å². The Bertz CT molecular complexity index is 611. The number of nitrogens with zero attached hydrogens (tertiary/aromatic N) is 2. The molecule has 0 aliphatic heterocycles. The number of carbonyl (C=O) groups excluding carboxylic acids is 1. The standard InChI is InChI=1S/C14H12Cl2N2O/c1-9-3-5-11(6-4-9)18(2)14(19)10-7-12(15)13(16)17-8-10/h3-8H,1-2H3. The summed E-state index contributed by atoms with van der Waals surface area (Å²) in [5.41, 5.74) is 2.35. The summed E-state index contributed by atoms with van der Waals surface area (Å²) in [4.78, 5) is 17.7. The Morgan fingerprint density at radius 1 is 1.21 bits per heavy atom. The second-order valence-corrected chi connectivity index (χ2v) is 4.96. The molecule has 2 rings (SSSR count). The van der Waals surface area contributed by atoms with Crippen molar-refractivity contribution in [3.63, 3.8) is 0 Å². The lowest BCUT2D eigenvalue weighted by molar-refractivity contribution is 0.0992. The van der Waals surface area contributed by atoms with Crippen molar-refractivity contribution in [1.29, 1.82) is 0 Å². The first kappa shape index (κ1) is 13.8. The van der Waals surface area contributed by atoms with Crippen LogP contribution in [-0.2, 0) is 0 Å². The van der Waals surface area contributed by atoms with E-state index in [9.17, 15) is 4.79 Å². The highest BCUT2D eigenvalue weighted by Gasteiger charge is 2.15. The molecule has 5 heteroatoms. The van der Waals surface area contributed by atoms with E-state index in [4.69, 9.17) is 23.2 Å². The quantitative estimate of drug-likeness (QED) is 0.785. The Balaban J connectivity index is 2.28. The molecule has 0 atom stereocenters. The van der Waals surface area contributed by atoms with Crippen molar-refractivity contribution in [2.75, 3.05) is 11.9 Å². The maximum absolute atomic E-state index is 12.3. The van der Waals surface area contributed by atoms with Crippen LogP contribution in [0, 0.1) is 6.92 Å². The molecule has 0 fully saturated rings. The van der Waals surface area contributed by atoms with Crippen LogP contribution in [0.3, 0.4) is 0 Å². The van der Waals surface area contributed by atoms with Gasteiger partial charge in [0, 0.05) is 18.9 Å². The number of pyridine rings is 1. The zero-order valence-electron chi connectivity index (χ0n) is 10.5. The van der Waals surface area contributed by atoms with Crippen molar-refractivity contribution < 1.29 is 4.79 Å². The number of anilines is 1. The second kappa shape index (κ2) is 5.59. The van der Waals surface area contributed by atoms with Gasteiger partial charge in [0.1, 0.15) is 5.15 Å². The van der Waals surface area contributed by atoms with Gasteiger partial charge in [-0.05, 0) is 25.1 Å². The normalized spacial score (nSPS) is 10.3. The van der Waals surface area contributed by atoms with Gasteiger partial charge in [-0.25, -0.2) is 4.98 Å². The summed E-state index contributed by atoms with van der Waals surface area (Å²) in [6.45, 7) is 1.99. The van der Waals surface area contributed by atoms with Crippen LogP contribution in [0.25, 0.3) is 0 Å². The molecule has 98 valence electrons. The summed E-state index contributed by atoms with van der Waals surface area (Å²) in [5, 5.41) is 0.459. The topological polar surface area (TPSA) is 33.2 Å². The summed E-state index contributed by atoms with van der Waals surface area (Å²) in [6.07, 6.45) is 1.42. The molecule has 0 bridgehead atoms. The summed E-state index contributed by atoms with van der Waals surface area (Å²) < 4.78 is 0. The Morgan fingerprint density at radius 3 is 2.42 bits per heavy atom.